The van der Waals surface area contributed by atoms with Gasteiger partial charge in [0.25, 0.3) is 0 Å². The molecule has 3 rings (SSSR count). The molecule has 3 aliphatic rings. The molecule has 0 amide bonds. The molecule has 0 aromatic carbocycles. The molecule has 0 heterocycles. The Kier molecular flexibility index (Phi) is 14.5. The van der Waals surface area contributed by atoms with E-state index >= 15 is 0 Å². The Morgan fingerprint density at radius 1 is 0.312 bits per heavy atom. The molecule has 3 aliphatic carbocycles. The van der Waals surface area contributed by atoms with Gasteiger partial charge >= 0.3 is 0 Å². The maximum absolute atomic E-state index is 2.13. The predicted molar refractivity (Wildman–Crippen MR) is 143 cm³/mol. The van der Waals surface area contributed by atoms with Gasteiger partial charge in [0.1, 0.15) is 0 Å². The van der Waals surface area contributed by atoms with Crippen LogP contribution in [-0.2, 0) is 0 Å². The highest BCUT2D eigenvalue weighted by atomic mass is 14.4. The van der Waals surface area contributed by atoms with E-state index in [0.29, 0.717) is 0 Å². The van der Waals surface area contributed by atoms with Crippen LogP contribution in [0.15, 0.2) is 0 Å². The van der Waals surface area contributed by atoms with E-state index in [2.05, 4.69) is 5.92 Å². The van der Waals surface area contributed by atoms with Gasteiger partial charge in [0.2, 0.25) is 0 Å². The van der Waals surface area contributed by atoms with Gasteiger partial charge in [0.05, 0.1) is 0 Å². The summed E-state index contributed by atoms with van der Waals surface area (Å²) in [5.74, 6) is 5.12. The molecule has 0 aliphatic heterocycles. The van der Waals surface area contributed by atoms with Crippen LogP contribution in [0.4, 0.5) is 0 Å². The molecular formula is C32H59. The van der Waals surface area contributed by atoms with Crippen molar-refractivity contribution in [3.05, 3.63) is 5.92 Å². The van der Waals surface area contributed by atoms with E-state index in [0.717, 1.165) is 17.8 Å². The van der Waals surface area contributed by atoms with Crippen molar-refractivity contribution in [2.45, 2.75) is 180 Å². The smallest absolute Gasteiger partial charge is 0.0176 e. The summed E-state index contributed by atoms with van der Waals surface area (Å²) >= 11 is 0. The lowest BCUT2D eigenvalue weighted by atomic mass is 9.68. The van der Waals surface area contributed by atoms with Crippen molar-refractivity contribution in [1.29, 1.82) is 0 Å². The third-order valence-corrected chi connectivity index (χ3v) is 9.51. The molecule has 0 aromatic rings. The summed E-state index contributed by atoms with van der Waals surface area (Å²) in [5, 5.41) is 0. The van der Waals surface area contributed by atoms with E-state index in [1.165, 1.54) is 141 Å². The second-order valence-corrected chi connectivity index (χ2v) is 12.2. The number of rotatable bonds is 4. The lowest BCUT2D eigenvalue weighted by Crippen LogP contribution is -2.26. The van der Waals surface area contributed by atoms with E-state index in [-0.39, 0.29) is 0 Å². The minimum Gasteiger partial charge on any atom is -0.0533 e. The lowest BCUT2D eigenvalue weighted by molar-refractivity contribution is 0.259. The third kappa shape index (κ3) is 11.0. The van der Waals surface area contributed by atoms with Crippen LogP contribution in [0.5, 0.6) is 0 Å². The second-order valence-electron chi connectivity index (χ2n) is 12.2. The van der Waals surface area contributed by atoms with Gasteiger partial charge in [-0.25, -0.2) is 0 Å². The minimum absolute atomic E-state index is 0.983. The predicted octanol–water partition coefficient (Wildman–Crippen LogP) is 11.4. The molecule has 3 fully saturated rings. The van der Waals surface area contributed by atoms with E-state index < -0.39 is 0 Å². The Morgan fingerprint density at radius 3 is 0.875 bits per heavy atom. The van der Waals surface area contributed by atoms with Gasteiger partial charge in [-0.3, -0.25) is 0 Å². The minimum atomic E-state index is 0.983. The first-order valence-electron chi connectivity index (χ1n) is 15.8. The summed E-state index contributed by atoms with van der Waals surface area (Å²) in [4.78, 5) is 0. The molecule has 0 bridgehead atoms. The summed E-state index contributed by atoms with van der Waals surface area (Å²) < 4.78 is 0. The van der Waals surface area contributed by atoms with Gasteiger partial charge in [-0.15, -0.1) is 0 Å². The quantitative estimate of drug-likeness (QED) is 0.405. The Morgan fingerprint density at radius 2 is 0.562 bits per heavy atom. The first kappa shape index (κ1) is 26.6. The van der Waals surface area contributed by atoms with Crippen LogP contribution < -0.4 is 0 Å². The van der Waals surface area contributed by atoms with Gasteiger partial charge in [0, 0.05) is 0 Å². The second kappa shape index (κ2) is 17.4. The molecule has 0 spiro atoms. The van der Waals surface area contributed by atoms with Crippen molar-refractivity contribution in [3.8, 4) is 0 Å². The number of hydrogen-bond donors (Lipinski definition) is 0. The maximum atomic E-state index is 2.13. The Labute approximate surface area is 203 Å². The molecule has 0 N–H and O–H groups in total. The molecule has 0 heteroatoms. The Balaban J connectivity index is 1.69. The number of hydrogen-bond acceptors (Lipinski definition) is 0. The molecule has 0 unspecified atom stereocenters. The average Bonchev–Trinajstić information content (AvgIpc) is 2.83. The largest absolute Gasteiger partial charge is 0.0533 e. The van der Waals surface area contributed by atoms with E-state index in [1.54, 1.807) is 38.5 Å². The van der Waals surface area contributed by atoms with Crippen molar-refractivity contribution in [3.63, 3.8) is 0 Å². The molecule has 1 radical (unpaired) electrons. The average molecular weight is 444 g/mol. The van der Waals surface area contributed by atoms with Gasteiger partial charge in [-0.2, -0.15) is 0 Å². The Bertz CT molecular complexity index is 370. The summed E-state index contributed by atoms with van der Waals surface area (Å²) in [6.07, 6.45) is 42.5. The van der Waals surface area contributed by atoms with Crippen LogP contribution in [-0.4, -0.2) is 0 Å². The van der Waals surface area contributed by atoms with Crippen molar-refractivity contribution >= 4 is 0 Å². The summed E-state index contributed by atoms with van der Waals surface area (Å²) in [6.45, 7) is 0. The van der Waals surface area contributed by atoms with Crippen molar-refractivity contribution < 1.29 is 0 Å². The van der Waals surface area contributed by atoms with Crippen LogP contribution in [0.25, 0.3) is 0 Å². The molecule has 187 valence electrons. The fraction of sp³-hybridized carbons (Fsp3) is 0.969. The Hall–Kier alpha value is 0. The highest BCUT2D eigenvalue weighted by molar-refractivity contribution is 5.03. The first-order chi connectivity index (χ1) is 15.9. The molecule has 3 saturated carbocycles. The zero-order valence-electron chi connectivity index (χ0n) is 22.0. The lowest BCUT2D eigenvalue weighted by Gasteiger charge is -2.37. The first-order valence-corrected chi connectivity index (χ1v) is 15.8. The summed E-state index contributed by atoms with van der Waals surface area (Å²) in [7, 11) is 0. The monoisotopic (exact) mass is 443 g/mol. The van der Waals surface area contributed by atoms with Gasteiger partial charge in [0.15, 0.2) is 0 Å². The van der Waals surface area contributed by atoms with Crippen molar-refractivity contribution in [2.75, 3.05) is 0 Å². The standard InChI is InChI=1S/C32H59/c1-4-10-16-22-29(23-17-11-5-1)28-32(30-24-18-12-6-2-7-13-19-25-30)31-26-20-14-8-3-9-15-21-27-31/h29-31H,1-28H2. The van der Waals surface area contributed by atoms with E-state index in [1.807, 2.05) is 0 Å². The highest BCUT2D eigenvalue weighted by Crippen LogP contribution is 2.44. The molecule has 0 nitrogen and oxygen atoms in total. The van der Waals surface area contributed by atoms with Crippen LogP contribution in [0.3, 0.4) is 0 Å². The normalized spacial score (nSPS) is 26.5. The zero-order chi connectivity index (χ0) is 22.1. The van der Waals surface area contributed by atoms with Crippen LogP contribution in [0.1, 0.15) is 180 Å². The molecule has 0 saturated heterocycles. The fourth-order valence-electron chi connectivity index (χ4n) is 7.46. The van der Waals surface area contributed by atoms with Gasteiger partial charge in [-0.1, -0.05) is 148 Å². The fourth-order valence-corrected chi connectivity index (χ4v) is 7.46. The van der Waals surface area contributed by atoms with Crippen LogP contribution >= 0.6 is 0 Å². The molecule has 0 atom stereocenters. The summed E-state index contributed by atoms with van der Waals surface area (Å²) in [6, 6.07) is 0. The highest BCUT2D eigenvalue weighted by Gasteiger charge is 2.31. The molecule has 0 aromatic heterocycles. The van der Waals surface area contributed by atoms with E-state index in [4.69, 9.17) is 0 Å². The zero-order valence-corrected chi connectivity index (χ0v) is 22.0. The SMILES string of the molecule is C1CCCCC(C[C](C2CCCCCCCCC2)C2CCCCCCCCC2)CCCC1. The van der Waals surface area contributed by atoms with Crippen LogP contribution in [0, 0.1) is 23.7 Å². The molecule has 32 heavy (non-hydrogen) atoms. The van der Waals surface area contributed by atoms with Crippen LogP contribution in [0.2, 0.25) is 0 Å². The third-order valence-electron chi connectivity index (χ3n) is 9.51. The maximum Gasteiger partial charge on any atom is -0.0176 e. The van der Waals surface area contributed by atoms with Gasteiger partial charge in [-0.05, 0) is 55.8 Å². The van der Waals surface area contributed by atoms with Gasteiger partial charge < -0.3 is 0 Å². The summed E-state index contributed by atoms with van der Waals surface area (Å²) in [5.41, 5.74) is 0. The topological polar surface area (TPSA) is 0 Å². The molecular weight excluding hydrogens is 384 g/mol. The van der Waals surface area contributed by atoms with Crippen molar-refractivity contribution in [2.24, 2.45) is 17.8 Å². The van der Waals surface area contributed by atoms with Crippen molar-refractivity contribution in [1.82, 2.24) is 0 Å². The van der Waals surface area contributed by atoms with E-state index in [9.17, 15) is 0 Å².